The average molecular weight is 749 g/mol. The molecule has 0 bridgehead atoms. The molecule has 0 aliphatic heterocycles. The van der Waals surface area contributed by atoms with Crippen LogP contribution in [-0.2, 0) is 71.2 Å². The molecule has 1 rings (SSSR count). The number of benzene rings is 1. The van der Waals surface area contributed by atoms with Gasteiger partial charge < -0.3 is 61.6 Å². The first-order chi connectivity index (χ1) is 25.6. The van der Waals surface area contributed by atoms with Crippen molar-refractivity contribution in [3.63, 3.8) is 0 Å². The molecule has 0 atom stereocenters. The predicted octanol–water partition coefficient (Wildman–Crippen LogP) is 1.94. The number of rotatable bonds is 40. The first-order valence-corrected chi connectivity index (χ1v) is 17.9. The second kappa shape index (κ2) is 38.1. The second-order valence-electron chi connectivity index (χ2n) is 10.5. The SMILES string of the molecule is CCCC(=O)OCCOCCOCCOCCOCCOCCOCCOCCOCCOCCOCCOCCOC(=O)C(=O)c1ccccc1. The Morgan fingerprint density at radius 1 is 0.385 bits per heavy atom. The van der Waals surface area contributed by atoms with Crippen LogP contribution in [0.2, 0.25) is 0 Å². The predicted molar refractivity (Wildman–Crippen MR) is 187 cm³/mol. The van der Waals surface area contributed by atoms with Gasteiger partial charge in [-0.1, -0.05) is 37.3 Å². The molecule has 0 saturated heterocycles. The molecule has 0 N–H and O–H groups in total. The molecule has 0 saturated carbocycles. The van der Waals surface area contributed by atoms with Gasteiger partial charge in [0.05, 0.1) is 145 Å². The van der Waals surface area contributed by atoms with Gasteiger partial charge in [0.25, 0.3) is 5.78 Å². The third-order valence-electron chi connectivity index (χ3n) is 6.35. The van der Waals surface area contributed by atoms with Crippen molar-refractivity contribution >= 4 is 17.7 Å². The van der Waals surface area contributed by atoms with Crippen LogP contribution >= 0.6 is 0 Å². The molecule has 16 nitrogen and oxygen atoms in total. The van der Waals surface area contributed by atoms with E-state index in [0.717, 1.165) is 6.42 Å². The van der Waals surface area contributed by atoms with Gasteiger partial charge in [-0.3, -0.25) is 9.59 Å². The Bertz CT molecular complexity index is 952. The van der Waals surface area contributed by atoms with Gasteiger partial charge in [-0.15, -0.1) is 0 Å². The van der Waals surface area contributed by atoms with Crippen LogP contribution in [0.5, 0.6) is 0 Å². The van der Waals surface area contributed by atoms with Crippen LogP contribution in [0.4, 0.5) is 0 Å². The molecule has 52 heavy (non-hydrogen) atoms. The van der Waals surface area contributed by atoms with Crippen molar-refractivity contribution in [1.82, 2.24) is 0 Å². The van der Waals surface area contributed by atoms with Crippen molar-refractivity contribution in [2.45, 2.75) is 19.8 Å². The summed E-state index contributed by atoms with van der Waals surface area (Å²) in [5.74, 6) is -1.78. The Morgan fingerprint density at radius 3 is 0.942 bits per heavy atom. The largest absolute Gasteiger partial charge is 0.463 e. The van der Waals surface area contributed by atoms with Crippen molar-refractivity contribution in [3.8, 4) is 0 Å². The summed E-state index contributed by atoms with van der Waals surface area (Å²) in [5, 5.41) is 0. The highest BCUT2D eigenvalue weighted by molar-refractivity contribution is 6.40. The van der Waals surface area contributed by atoms with E-state index in [2.05, 4.69) is 0 Å². The summed E-state index contributed by atoms with van der Waals surface area (Å²) >= 11 is 0. The monoisotopic (exact) mass is 748 g/mol. The Morgan fingerprint density at radius 2 is 0.654 bits per heavy atom. The van der Waals surface area contributed by atoms with Gasteiger partial charge in [0.1, 0.15) is 13.2 Å². The molecule has 1 aromatic carbocycles. The number of esters is 2. The Labute approximate surface area is 307 Å². The molecule has 0 radical (unpaired) electrons. The molecule has 0 aliphatic carbocycles. The highest BCUT2D eigenvalue weighted by Crippen LogP contribution is 2.01. The minimum absolute atomic E-state index is 0.00737. The molecule has 16 heteroatoms. The summed E-state index contributed by atoms with van der Waals surface area (Å²) < 4.78 is 69.6. The minimum atomic E-state index is -0.901. The molecule has 0 unspecified atom stereocenters. The van der Waals surface area contributed by atoms with Gasteiger partial charge in [-0.2, -0.15) is 0 Å². The molecule has 300 valence electrons. The average Bonchev–Trinajstić information content (AvgIpc) is 3.16. The third-order valence-corrected chi connectivity index (χ3v) is 6.35. The maximum absolute atomic E-state index is 11.9. The van der Waals surface area contributed by atoms with Crippen LogP contribution in [0.15, 0.2) is 30.3 Å². The Balaban J connectivity index is 1.65. The van der Waals surface area contributed by atoms with Gasteiger partial charge in [-0.25, -0.2) is 4.79 Å². The molecular weight excluding hydrogens is 688 g/mol. The van der Waals surface area contributed by atoms with Crippen LogP contribution in [0.25, 0.3) is 0 Å². The molecule has 0 aromatic heterocycles. The first kappa shape index (κ1) is 47.4. The summed E-state index contributed by atoms with van der Waals surface area (Å²) in [6.07, 6.45) is 1.21. The lowest BCUT2D eigenvalue weighted by atomic mass is 10.1. The molecule has 0 heterocycles. The zero-order valence-electron chi connectivity index (χ0n) is 30.8. The summed E-state index contributed by atoms with van der Waals surface area (Å²) in [5.41, 5.74) is 0.292. The van der Waals surface area contributed by atoms with E-state index in [9.17, 15) is 14.4 Å². The number of carbonyl (C=O) groups is 3. The van der Waals surface area contributed by atoms with Gasteiger partial charge in [0.15, 0.2) is 0 Å². The fourth-order valence-corrected chi connectivity index (χ4v) is 3.76. The number of hydrogen-bond acceptors (Lipinski definition) is 16. The zero-order valence-corrected chi connectivity index (χ0v) is 30.8. The van der Waals surface area contributed by atoms with Crippen molar-refractivity contribution in [3.05, 3.63) is 35.9 Å². The lowest BCUT2D eigenvalue weighted by Crippen LogP contribution is -2.20. The summed E-state index contributed by atoms with van der Waals surface area (Å²) in [6, 6.07) is 8.25. The van der Waals surface area contributed by atoms with E-state index in [1.165, 1.54) is 0 Å². The molecule has 0 spiro atoms. The minimum Gasteiger partial charge on any atom is -0.463 e. The van der Waals surface area contributed by atoms with E-state index in [0.29, 0.717) is 151 Å². The Kier molecular flexibility index (Phi) is 34.8. The molecule has 1 aromatic rings. The van der Waals surface area contributed by atoms with Crippen molar-refractivity contribution in [1.29, 1.82) is 0 Å². The maximum atomic E-state index is 11.9. The molecule has 0 fully saturated rings. The number of Topliss-reactive ketones (excluding diaryl/α,β-unsaturated/α-hetero) is 1. The van der Waals surface area contributed by atoms with E-state index in [1.54, 1.807) is 30.3 Å². The van der Waals surface area contributed by atoms with Crippen LogP contribution in [0.3, 0.4) is 0 Å². The van der Waals surface area contributed by atoms with Crippen LogP contribution < -0.4 is 0 Å². The molecular formula is C36H60O16. The van der Waals surface area contributed by atoms with Crippen LogP contribution in [-0.4, -0.2) is 176 Å². The van der Waals surface area contributed by atoms with Crippen LogP contribution in [0, 0.1) is 0 Å². The van der Waals surface area contributed by atoms with Gasteiger partial charge in [0.2, 0.25) is 0 Å². The molecule has 0 aliphatic rings. The van der Waals surface area contributed by atoms with Gasteiger partial charge in [0, 0.05) is 12.0 Å². The third kappa shape index (κ3) is 32.1. The van der Waals surface area contributed by atoms with E-state index in [4.69, 9.17) is 61.6 Å². The normalized spacial score (nSPS) is 11.2. The fourth-order valence-electron chi connectivity index (χ4n) is 3.76. The number of ketones is 1. The number of hydrogen-bond donors (Lipinski definition) is 0. The summed E-state index contributed by atoms with van der Waals surface area (Å²) in [4.78, 5) is 34.8. The van der Waals surface area contributed by atoms with Crippen LogP contribution in [0.1, 0.15) is 30.1 Å². The van der Waals surface area contributed by atoms with Crippen molar-refractivity contribution in [2.24, 2.45) is 0 Å². The topological polar surface area (TPSA) is 171 Å². The van der Waals surface area contributed by atoms with Gasteiger partial charge >= 0.3 is 11.9 Å². The quantitative estimate of drug-likeness (QED) is 0.0412. The second-order valence-corrected chi connectivity index (χ2v) is 10.5. The smallest absolute Gasteiger partial charge is 0.379 e. The van der Waals surface area contributed by atoms with E-state index >= 15 is 0 Å². The summed E-state index contributed by atoms with van der Waals surface area (Å²) in [7, 11) is 0. The van der Waals surface area contributed by atoms with E-state index in [1.807, 2.05) is 6.92 Å². The zero-order chi connectivity index (χ0) is 37.4. The van der Waals surface area contributed by atoms with E-state index < -0.39 is 11.8 Å². The van der Waals surface area contributed by atoms with Gasteiger partial charge in [-0.05, 0) is 6.42 Å². The fraction of sp³-hybridized carbons (Fsp3) is 0.750. The standard InChI is InChI=1S/C36H60O16/c1-2-6-34(37)51-31-29-49-27-25-47-23-21-45-19-17-43-15-13-41-11-9-40-10-12-42-14-16-44-18-20-46-22-24-48-26-28-50-30-32-52-36(39)35(38)33-7-4-3-5-8-33/h3-5,7-8H,2,6,9-32H2,1H3. The Hall–Kier alpha value is -2.61. The first-order valence-electron chi connectivity index (χ1n) is 17.9. The highest BCUT2D eigenvalue weighted by atomic mass is 16.6. The number of carbonyl (C=O) groups excluding carboxylic acids is 3. The summed E-state index contributed by atoms with van der Waals surface area (Å²) in [6.45, 7) is 11.8. The number of ether oxygens (including phenoxy) is 13. The maximum Gasteiger partial charge on any atom is 0.379 e. The lowest BCUT2D eigenvalue weighted by molar-refractivity contribution is -0.145. The lowest BCUT2D eigenvalue weighted by Gasteiger charge is -2.09. The van der Waals surface area contributed by atoms with E-state index in [-0.39, 0.29) is 25.8 Å². The van der Waals surface area contributed by atoms with Crippen molar-refractivity contribution in [2.75, 3.05) is 159 Å². The highest BCUT2D eigenvalue weighted by Gasteiger charge is 2.17. The van der Waals surface area contributed by atoms with Crippen molar-refractivity contribution < 1.29 is 76.0 Å². The molecule has 0 amide bonds.